The highest BCUT2D eigenvalue weighted by atomic mass is 16.5. The molecule has 1 saturated heterocycles. The molecule has 1 fully saturated rings. The van der Waals surface area contributed by atoms with Crippen molar-refractivity contribution >= 4 is 33.6 Å². The van der Waals surface area contributed by atoms with Gasteiger partial charge in [-0.25, -0.2) is 10.8 Å². The van der Waals surface area contributed by atoms with Crippen LogP contribution < -0.4 is 16.5 Å². The van der Waals surface area contributed by atoms with E-state index in [4.69, 9.17) is 26.3 Å². The van der Waals surface area contributed by atoms with Gasteiger partial charge in [-0.3, -0.25) is 4.98 Å². The van der Waals surface area contributed by atoms with Crippen LogP contribution in [0.3, 0.4) is 0 Å². The van der Waals surface area contributed by atoms with E-state index in [9.17, 15) is 0 Å². The van der Waals surface area contributed by atoms with E-state index in [1.54, 1.807) is 12.1 Å². The molecule has 0 radical (unpaired) electrons. The Labute approximate surface area is 212 Å². The van der Waals surface area contributed by atoms with Gasteiger partial charge in [0.2, 0.25) is 0 Å². The Morgan fingerprint density at radius 3 is 2.44 bits per heavy atom. The Kier molecular flexibility index (Phi) is 6.55. The molecule has 0 spiro atoms. The van der Waals surface area contributed by atoms with Crippen LogP contribution in [0.4, 0.5) is 5.82 Å². The first-order valence-electron chi connectivity index (χ1n) is 12.4. The number of nitrogens with zero attached hydrogens (tertiary/aromatic N) is 5. The van der Waals surface area contributed by atoms with Gasteiger partial charge in [0, 0.05) is 57.2 Å². The van der Waals surface area contributed by atoms with E-state index in [1.807, 2.05) is 32.1 Å². The van der Waals surface area contributed by atoms with Crippen LogP contribution in [0.5, 0.6) is 0 Å². The highest BCUT2D eigenvalue weighted by Gasteiger charge is 2.31. The third-order valence-electron chi connectivity index (χ3n) is 7.06. The Morgan fingerprint density at radius 2 is 1.81 bits per heavy atom. The van der Waals surface area contributed by atoms with Gasteiger partial charge < -0.3 is 24.9 Å². The molecule has 0 amide bonds. The number of rotatable bonds is 6. The number of benzene rings is 1. The van der Waals surface area contributed by atoms with Crippen LogP contribution in [-0.4, -0.2) is 53.9 Å². The molecule has 4 aromatic rings. The summed E-state index contributed by atoms with van der Waals surface area (Å²) in [7, 11) is 5.83. The molecule has 0 bridgehead atoms. The van der Waals surface area contributed by atoms with Gasteiger partial charge in [0.15, 0.2) is 0 Å². The monoisotopic (exact) mass is 485 g/mol. The summed E-state index contributed by atoms with van der Waals surface area (Å²) in [4.78, 5) is 12.1. The van der Waals surface area contributed by atoms with E-state index in [0.29, 0.717) is 11.6 Å². The molecule has 0 aliphatic carbocycles. The Hall–Kier alpha value is -3.62. The zero-order valence-corrected chi connectivity index (χ0v) is 21.5. The first-order valence-corrected chi connectivity index (χ1v) is 12.4. The van der Waals surface area contributed by atoms with E-state index >= 15 is 0 Å². The number of hydrogen-bond acceptors (Lipinski definition) is 7. The summed E-state index contributed by atoms with van der Waals surface area (Å²) in [5, 5.41) is 2.59. The Morgan fingerprint density at radius 1 is 1.08 bits per heavy atom. The third-order valence-corrected chi connectivity index (χ3v) is 7.06. The van der Waals surface area contributed by atoms with Crippen LogP contribution in [0.2, 0.25) is 0 Å². The van der Waals surface area contributed by atoms with Crippen LogP contribution >= 0.6 is 0 Å². The molecule has 0 saturated carbocycles. The SMILES string of the molecule is C/C(N)=C(\c1cnc2c3ccc(N(C)C)nc3n([C@H](c3ccccc3)C3CCOCC3)c2c1)N(C)N. The molecule has 1 aromatic carbocycles. The standard InChI is InChI=1S/C28H35N7O/c1-18(29)26(34(4)30)21-16-23-25(31-17-21)22-10-11-24(33(2)3)32-28(22)35(23)27(19-8-6-5-7-9-19)20-12-14-36-15-13-20/h5-11,16-17,20,27H,12-15,29-30H2,1-4H3/b26-18-/t27-/m1/s1. The summed E-state index contributed by atoms with van der Waals surface area (Å²) < 4.78 is 8.14. The first-order chi connectivity index (χ1) is 17.4. The predicted molar refractivity (Wildman–Crippen MR) is 146 cm³/mol. The first kappa shape index (κ1) is 24.1. The molecule has 4 heterocycles. The summed E-state index contributed by atoms with van der Waals surface area (Å²) in [5.74, 6) is 7.48. The van der Waals surface area contributed by atoms with Crippen molar-refractivity contribution in [1.82, 2.24) is 19.5 Å². The topological polar surface area (TPSA) is 98.5 Å². The molecule has 0 unspecified atom stereocenters. The molecule has 188 valence electrons. The number of aromatic nitrogens is 3. The summed E-state index contributed by atoms with van der Waals surface area (Å²) >= 11 is 0. The van der Waals surface area contributed by atoms with Gasteiger partial charge in [-0.15, -0.1) is 0 Å². The van der Waals surface area contributed by atoms with E-state index in [1.165, 1.54) is 5.56 Å². The van der Waals surface area contributed by atoms with Crippen molar-refractivity contribution in [2.24, 2.45) is 17.5 Å². The van der Waals surface area contributed by atoms with E-state index < -0.39 is 0 Å². The highest BCUT2D eigenvalue weighted by Crippen LogP contribution is 2.40. The fraction of sp³-hybridized carbons (Fsp3) is 0.357. The largest absolute Gasteiger partial charge is 0.401 e. The second kappa shape index (κ2) is 9.79. The van der Waals surface area contributed by atoms with Crippen molar-refractivity contribution in [2.75, 3.05) is 39.3 Å². The zero-order valence-electron chi connectivity index (χ0n) is 21.5. The fourth-order valence-corrected chi connectivity index (χ4v) is 5.45. The smallest absolute Gasteiger partial charge is 0.145 e. The van der Waals surface area contributed by atoms with Crippen LogP contribution in [-0.2, 0) is 4.74 Å². The normalized spacial score (nSPS) is 16.2. The third kappa shape index (κ3) is 4.27. The predicted octanol–water partition coefficient (Wildman–Crippen LogP) is 4.12. The summed E-state index contributed by atoms with van der Waals surface area (Å²) in [6, 6.07) is 17.1. The molecule has 36 heavy (non-hydrogen) atoms. The molecule has 1 aliphatic rings. The molecule has 1 atom stereocenters. The molecule has 3 aromatic heterocycles. The number of pyridine rings is 2. The molecule has 8 nitrogen and oxygen atoms in total. The minimum atomic E-state index is 0.0825. The van der Waals surface area contributed by atoms with Gasteiger partial charge in [-0.1, -0.05) is 30.3 Å². The summed E-state index contributed by atoms with van der Waals surface area (Å²) in [6.07, 6.45) is 3.83. The summed E-state index contributed by atoms with van der Waals surface area (Å²) in [5.41, 5.74) is 12.6. The number of anilines is 1. The average molecular weight is 486 g/mol. The lowest BCUT2D eigenvalue weighted by atomic mass is 9.86. The highest BCUT2D eigenvalue weighted by molar-refractivity contribution is 6.05. The lowest BCUT2D eigenvalue weighted by Gasteiger charge is -2.33. The number of hydrogen-bond donors (Lipinski definition) is 2. The van der Waals surface area contributed by atoms with Gasteiger partial charge in [-0.2, -0.15) is 0 Å². The maximum absolute atomic E-state index is 6.24. The maximum Gasteiger partial charge on any atom is 0.145 e. The van der Waals surface area contributed by atoms with Gasteiger partial charge in [0.25, 0.3) is 0 Å². The van der Waals surface area contributed by atoms with Crippen LogP contribution in [0.15, 0.2) is 60.4 Å². The van der Waals surface area contributed by atoms with Crippen molar-refractivity contribution < 1.29 is 4.74 Å². The Balaban J connectivity index is 1.86. The second-order valence-electron chi connectivity index (χ2n) is 9.84. The second-order valence-corrected chi connectivity index (χ2v) is 9.84. The van der Waals surface area contributed by atoms with Gasteiger partial charge in [0.05, 0.1) is 22.8 Å². The quantitative estimate of drug-likeness (QED) is 0.313. The number of fused-ring (bicyclic) bond motifs is 3. The minimum Gasteiger partial charge on any atom is -0.401 e. The van der Waals surface area contributed by atoms with Crippen LogP contribution in [0.25, 0.3) is 27.8 Å². The van der Waals surface area contributed by atoms with Crippen molar-refractivity contribution in [3.63, 3.8) is 0 Å². The van der Waals surface area contributed by atoms with Crippen LogP contribution in [0, 0.1) is 5.92 Å². The van der Waals surface area contributed by atoms with E-state index in [0.717, 1.165) is 65.2 Å². The molecule has 1 aliphatic heterocycles. The van der Waals surface area contributed by atoms with E-state index in [2.05, 4.69) is 53.1 Å². The number of hydrazine groups is 1. The van der Waals surface area contributed by atoms with Gasteiger partial charge >= 0.3 is 0 Å². The van der Waals surface area contributed by atoms with Gasteiger partial charge in [0.1, 0.15) is 11.5 Å². The fourth-order valence-electron chi connectivity index (χ4n) is 5.45. The van der Waals surface area contributed by atoms with Crippen molar-refractivity contribution in [3.05, 3.63) is 71.6 Å². The van der Waals surface area contributed by atoms with Gasteiger partial charge in [-0.05, 0) is 49.4 Å². The molecular weight excluding hydrogens is 450 g/mol. The number of allylic oxidation sites excluding steroid dienone is 1. The number of nitrogens with two attached hydrogens (primary N) is 2. The lowest BCUT2D eigenvalue weighted by molar-refractivity contribution is 0.0552. The van der Waals surface area contributed by atoms with Crippen molar-refractivity contribution in [1.29, 1.82) is 0 Å². The molecule has 5 rings (SSSR count). The zero-order chi connectivity index (χ0) is 25.4. The lowest BCUT2D eigenvalue weighted by Crippen LogP contribution is -2.27. The minimum absolute atomic E-state index is 0.0825. The molecular formula is C28H35N7O. The van der Waals surface area contributed by atoms with Crippen molar-refractivity contribution in [3.8, 4) is 0 Å². The Bertz CT molecular complexity index is 1400. The molecule has 4 N–H and O–H groups in total. The van der Waals surface area contributed by atoms with E-state index in [-0.39, 0.29) is 6.04 Å². The summed E-state index contributed by atoms with van der Waals surface area (Å²) in [6.45, 7) is 3.39. The van der Waals surface area contributed by atoms with Crippen LogP contribution in [0.1, 0.15) is 36.9 Å². The maximum atomic E-state index is 6.24. The molecule has 8 heteroatoms. The van der Waals surface area contributed by atoms with Crippen molar-refractivity contribution in [2.45, 2.75) is 25.8 Å². The number of ether oxygens (including phenoxy) is 1. The average Bonchev–Trinajstić information content (AvgIpc) is 3.18.